The van der Waals surface area contributed by atoms with E-state index in [1.807, 2.05) is 0 Å². The van der Waals surface area contributed by atoms with E-state index in [9.17, 15) is 14.4 Å². The Morgan fingerprint density at radius 3 is 0.776 bits per heavy atom. The predicted octanol–water partition coefficient (Wildman–Crippen LogP) is 23.4. The quantitative estimate of drug-likeness (QED) is 0.0261. The van der Waals surface area contributed by atoms with Gasteiger partial charge in [0.15, 0.2) is 6.10 Å². The highest BCUT2D eigenvalue weighted by atomic mass is 16.6. The molecule has 0 aliphatic carbocycles. The van der Waals surface area contributed by atoms with Crippen molar-refractivity contribution < 1.29 is 28.6 Å². The predicted molar refractivity (Wildman–Crippen MR) is 330 cm³/mol. The van der Waals surface area contributed by atoms with E-state index >= 15 is 0 Å². The Balaban J connectivity index is 4.21. The van der Waals surface area contributed by atoms with Crippen molar-refractivity contribution in [3.8, 4) is 0 Å². The molecule has 6 heteroatoms. The monoisotopic (exact) mass is 1070 g/mol. The van der Waals surface area contributed by atoms with E-state index in [-0.39, 0.29) is 31.1 Å². The lowest BCUT2D eigenvalue weighted by atomic mass is 10.0. The fourth-order valence-electron chi connectivity index (χ4n) is 10.5. The van der Waals surface area contributed by atoms with Crippen molar-refractivity contribution in [3.05, 3.63) is 24.3 Å². The molecule has 448 valence electrons. The third kappa shape index (κ3) is 62.7. The molecule has 0 aromatic carbocycles. The fourth-order valence-corrected chi connectivity index (χ4v) is 10.5. The maximum Gasteiger partial charge on any atom is 0.306 e. The lowest BCUT2D eigenvalue weighted by molar-refractivity contribution is -0.167. The molecule has 76 heavy (non-hydrogen) atoms. The molecule has 0 heterocycles. The van der Waals surface area contributed by atoms with Gasteiger partial charge in [-0.1, -0.05) is 347 Å². The summed E-state index contributed by atoms with van der Waals surface area (Å²) in [6.07, 6.45) is 79.2. The van der Waals surface area contributed by atoms with Gasteiger partial charge in [-0.2, -0.15) is 0 Å². The highest BCUT2D eigenvalue weighted by Crippen LogP contribution is 2.19. The SMILES string of the molecule is CCC/C=C\C/C=C\CCCCCCCC(=O)OCC(COC(=O)CCCCCCCCCCCCCCCCCCCCCCCCCCC)OC(=O)CCCCCCCCCCCCCCCCCCCCCC. The lowest BCUT2D eigenvalue weighted by Gasteiger charge is -2.18. The summed E-state index contributed by atoms with van der Waals surface area (Å²) in [5, 5.41) is 0. The number of ether oxygens (including phenoxy) is 3. The normalized spacial score (nSPS) is 12.1. The van der Waals surface area contributed by atoms with Crippen LogP contribution in [0.2, 0.25) is 0 Å². The molecule has 0 saturated heterocycles. The molecule has 0 saturated carbocycles. The summed E-state index contributed by atoms with van der Waals surface area (Å²) < 4.78 is 17.0. The van der Waals surface area contributed by atoms with Crippen LogP contribution in [0.3, 0.4) is 0 Å². The molecule has 0 spiro atoms. The first kappa shape index (κ1) is 73.9. The second-order valence-corrected chi connectivity index (χ2v) is 23.5. The molecule has 1 atom stereocenters. The topological polar surface area (TPSA) is 78.9 Å². The fraction of sp³-hybridized carbons (Fsp3) is 0.900. The van der Waals surface area contributed by atoms with Gasteiger partial charge in [0.05, 0.1) is 0 Å². The molecule has 0 aliphatic rings. The number of carbonyl (C=O) groups excluding carboxylic acids is 3. The first-order chi connectivity index (χ1) is 37.5. The number of hydrogen-bond donors (Lipinski definition) is 0. The first-order valence-electron chi connectivity index (χ1n) is 34.3. The second kappa shape index (κ2) is 65.4. The summed E-state index contributed by atoms with van der Waals surface area (Å²) in [6.45, 7) is 6.65. The van der Waals surface area contributed by atoms with Crippen molar-refractivity contribution >= 4 is 17.9 Å². The number of esters is 3. The van der Waals surface area contributed by atoms with E-state index in [0.717, 1.165) is 83.5 Å². The first-order valence-corrected chi connectivity index (χ1v) is 34.3. The van der Waals surface area contributed by atoms with Crippen LogP contribution >= 0.6 is 0 Å². The minimum absolute atomic E-state index is 0.0694. The van der Waals surface area contributed by atoms with Gasteiger partial charge in [0.2, 0.25) is 0 Å². The molecule has 0 rings (SSSR count). The average molecular weight is 1070 g/mol. The Morgan fingerprint density at radius 1 is 0.263 bits per heavy atom. The zero-order chi connectivity index (χ0) is 55.0. The van der Waals surface area contributed by atoms with Gasteiger partial charge in [0.1, 0.15) is 13.2 Å². The highest BCUT2D eigenvalue weighted by molar-refractivity contribution is 5.71. The summed E-state index contributed by atoms with van der Waals surface area (Å²) in [4.78, 5) is 38.4. The van der Waals surface area contributed by atoms with Crippen LogP contribution in [0.15, 0.2) is 24.3 Å². The zero-order valence-corrected chi connectivity index (χ0v) is 51.6. The molecule has 0 aromatic heterocycles. The number of rotatable bonds is 64. The lowest BCUT2D eigenvalue weighted by Crippen LogP contribution is -2.30. The number of hydrogen-bond acceptors (Lipinski definition) is 6. The maximum absolute atomic E-state index is 12.9. The van der Waals surface area contributed by atoms with Gasteiger partial charge in [0.25, 0.3) is 0 Å². The van der Waals surface area contributed by atoms with Gasteiger partial charge in [-0.3, -0.25) is 14.4 Å². The van der Waals surface area contributed by atoms with Crippen molar-refractivity contribution in [2.24, 2.45) is 0 Å². The Morgan fingerprint density at radius 2 is 0.500 bits per heavy atom. The average Bonchev–Trinajstić information content (AvgIpc) is 3.42. The summed E-state index contributed by atoms with van der Waals surface area (Å²) in [7, 11) is 0. The molecular formula is C70H132O6. The summed E-state index contributed by atoms with van der Waals surface area (Å²) in [5.74, 6) is -0.853. The van der Waals surface area contributed by atoms with Crippen LogP contribution in [-0.4, -0.2) is 37.2 Å². The van der Waals surface area contributed by atoms with E-state index in [2.05, 4.69) is 45.1 Å². The molecule has 0 aromatic rings. The minimum atomic E-state index is -0.773. The van der Waals surface area contributed by atoms with Gasteiger partial charge in [-0.15, -0.1) is 0 Å². The third-order valence-corrected chi connectivity index (χ3v) is 15.7. The Hall–Kier alpha value is -2.11. The van der Waals surface area contributed by atoms with Crippen LogP contribution in [0, 0.1) is 0 Å². The van der Waals surface area contributed by atoms with E-state index in [4.69, 9.17) is 14.2 Å². The van der Waals surface area contributed by atoms with Crippen LogP contribution < -0.4 is 0 Å². The molecule has 6 nitrogen and oxygen atoms in total. The van der Waals surface area contributed by atoms with E-state index in [0.29, 0.717) is 19.3 Å². The van der Waals surface area contributed by atoms with E-state index in [1.165, 1.54) is 263 Å². The van der Waals surface area contributed by atoms with Gasteiger partial charge in [-0.05, 0) is 44.9 Å². The van der Waals surface area contributed by atoms with Crippen molar-refractivity contribution in [3.63, 3.8) is 0 Å². The molecule has 1 unspecified atom stereocenters. The van der Waals surface area contributed by atoms with Crippen LogP contribution in [-0.2, 0) is 28.6 Å². The Labute approximate surface area is 474 Å². The molecule has 0 fully saturated rings. The standard InChI is InChI=1S/C70H132O6/c1-4-7-10-13-16-19-22-25-27-29-31-33-34-35-36-37-39-40-42-45-48-51-54-57-60-63-69(72)75-66-67(65-74-68(71)62-59-56-53-50-47-44-24-21-18-15-12-9-6-3)76-70(73)64-61-58-55-52-49-46-43-41-38-32-30-28-26-23-20-17-14-11-8-5-2/h12,15,21,24,67H,4-11,13-14,16-20,22-23,25-66H2,1-3H3/b15-12-,24-21-. The third-order valence-electron chi connectivity index (χ3n) is 15.7. The largest absolute Gasteiger partial charge is 0.462 e. The highest BCUT2D eigenvalue weighted by Gasteiger charge is 2.19. The van der Waals surface area contributed by atoms with Gasteiger partial charge in [0, 0.05) is 19.3 Å². The Kier molecular flexibility index (Phi) is 63.6. The molecule has 0 amide bonds. The van der Waals surface area contributed by atoms with Gasteiger partial charge >= 0.3 is 17.9 Å². The van der Waals surface area contributed by atoms with E-state index < -0.39 is 6.10 Å². The summed E-state index contributed by atoms with van der Waals surface area (Å²) in [5.41, 5.74) is 0. The second-order valence-electron chi connectivity index (χ2n) is 23.5. The van der Waals surface area contributed by atoms with Crippen molar-refractivity contribution in [1.82, 2.24) is 0 Å². The minimum Gasteiger partial charge on any atom is -0.462 e. The van der Waals surface area contributed by atoms with Gasteiger partial charge < -0.3 is 14.2 Å². The van der Waals surface area contributed by atoms with Crippen LogP contribution in [0.25, 0.3) is 0 Å². The van der Waals surface area contributed by atoms with Crippen molar-refractivity contribution in [2.75, 3.05) is 13.2 Å². The molecular weight excluding hydrogens is 937 g/mol. The van der Waals surface area contributed by atoms with E-state index in [1.54, 1.807) is 0 Å². The summed E-state index contributed by atoms with van der Waals surface area (Å²) >= 11 is 0. The number of carbonyl (C=O) groups is 3. The summed E-state index contributed by atoms with van der Waals surface area (Å²) in [6, 6.07) is 0. The molecule has 0 aliphatic heterocycles. The van der Waals surface area contributed by atoms with Crippen molar-refractivity contribution in [2.45, 2.75) is 393 Å². The molecule has 0 radical (unpaired) electrons. The molecule has 0 N–H and O–H groups in total. The number of allylic oxidation sites excluding steroid dienone is 4. The molecule has 0 bridgehead atoms. The number of unbranched alkanes of at least 4 members (excludes halogenated alkanes) is 49. The van der Waals surface area contributed by atoms with Crippen LogP contribution in [0.1, 0.15) is 387 Å². The van der Waals surface area contributed by atoms with Crippen molar-refractivity contribution in [1.29, 1.82) is 0 Å². The van der Waals surface area contributed by atoms with Gasteiger partial charge in [-0.25, -0.2) is 0 Å². The smallest absolute Gasteiger partial charge is 0.306 e. The van der Waals surface area contributed by atoms with Crippen LogP contribution in [0.5, 0.6) is 0 Å². The zero-order valence-electron chi connectivity index (χ0n) is 51.6. The van der Waals surface area contributed by atoms with Crippen LogP contribution in [0.4, 0.5) is 0 Å². The Bertz CT molecular complexity index is 1230. The maximum atomic E-state index is 12.9.